The minimum absolute atomic E-state index is 0.0270. The predicted octanol–water partition coefficient (Wildman–Crippen LogP) is 7.23. The van der Waals surface area contributed by atoms with Crippen molar-refractivity contribution in [1.82, 2.24) is 34.8 Å². The zero-order chi connectivity index (χ0) is 44.6. The molecule has 5 aromatic rings. The van der Waals surface area contributed by atoms with E-state index in [2.05, 4.69) is 50.8 Å². The number of hydrogen-bond acceptors (Lipinski definition) is 8. The number of benzene rings is 2. The minimum atomic E-state index is -3.83. The van der Waals surface area contributed by atoms with Crippen molar-refractivity contribution in [2.75, 3.05) is 30.7 Å². The molecule has 4 heterocycles. The number of ether oxygens (including phenoxy) is 1. The fourth-order valence-electron chi connectivity index (χ4n) is 8.63. The first-order chi connectivity index (χ1) is 29.1. The zero-order valence-electron chi connectivity index (χ0n) is 34.0. The summed E-state index contributed by atoms with van der Waals surface area (Å²) in [6, 6.07) is 8.09. The summed E-state index contributed by atoms with van der Waals surface area (Å²) in [5, 5.41) is 11.3. The highest BCUT2D eigenvalue weighted by atomic mass is 35.5. The molecule has 4 atom stereocenters. The molecule has 1 aliphatic heterocycles. The van der Waals surface area contributed by atoms with E-state index in [-0.39, 0.29) is 57.6 Å². The Morgan fingerprint density at radius 2 is 1.77 bits per heavy atom. The van der Waals surface area contributed by atoms with Gasteiger partial charge in [-0.3, -0.25) is 23.8 Å². The highest BCUT2D eigenvalue weighted by molar-refractivity contribution is 7.92. The quantitative estimate of drug-likeness (QED) is 0.105. The number of nitrogens with zero attached hydrogens (tertiary/aromatic N) is 6. The van der Waals surface area contributed by atoms with Crippen LogP contribution in [-0.4, -0.2) is 81.4 Å². The van der Waals surface area contributed by atoms with E-state index < -0.39 is 81.3 Å². The van der Waals surface area contributed by atoms with Crippen LogP contribution in [0.1, 0.15) is 79.5 Å². The third-order valence-electron chi connectivity index (χ3n) is 11.4. The summed E-state index contributed by atoms with van der Waals surface area (Å²) in [4.78, 5) is 21.2. The average molecular weight is 903 g/mol. The summed E-state index contributed by atoms with van der Waals surface area (Å²) in [6.45, 7) is 6.70. The van der Waals surface area contributed by atoms with Gasteiger partial charge in [-0.05, 0) is 81.3 Å². The molecule has 0 unspecified atom stereocenters. The van der Waals surface area contributed by atoms with Gasteiger partial charge in [-0.15, -0.1) is 0 Å². The number of halogens is 7. The topological polar surface area (TPSA) is 136 Å². The van der Waals surface area contributed by atoms with E-state index in [9.17, 15) is 30.8 Å². The van der Waals surface area contributed by atoms with E-state index in [0.717, 1.165) is 18.4 Å². The van der Waals surface area contributed by atoms with Gasteiger partial charge >= 0.3 is 0 Å². The molecule has 3 aromatic heterocycles. The first-order valence-electron chi connectivity index (χ1n) is 19.7. The van der Waals surface area contributed by atoms with Gasteiger partial charge in [0.05, 0.1) is 40.5 Å². The van der Waals surface area contributed by atoms with Gasteiger partial charge in [0.1, 0.15) is 40.9 Å². The molecule has 2 fully saturated rings. The molecule has 2 N–H and O–H groups in total. The lowest BCUT2D eigenvalue weighted by molar-refractivity contribution is -0.123. The van der Waals surface area contributed by atoms with Crippen LogP contribution < -0.4 is 10.0 Å². The fraction of sp³-hybridized carbons (Fsp3) is 0.429. The number of aryl methyl sites for hydroxylation is 1. The van der Waals surface area contributed by atoms with E-state index in [0.29, 0.717) is 47.1 Å². The zero-order valence-corrected chi connectivity index (χ0v) is 35.6. The first kappa shape index (κ1) is 43.5. The maximum atomic E-state index is 15.5. The summed E-state index contributed by atoms with van der Waals surface area (Å²) in [6.07, 6.45) is -2.51. The van der Waals surface area contributed by atoms with Crippen molar-refractivity contribution in [2.24, 2.45) is 13.0 Å². The number of carbonyl (C=O) groups excluding carboxylic acids is 1. The number of pyridine rings is 1. The highest BCUT2D eigenvalue weighted by Gasteiger charge is 2.67. The maximum absolute atomic E-state index is 15.5. The van der Waals surface area contributed by atoms with Gasteiger partial charge in [-0.25, -0.2) is 31.0 Å². The van der Waals surface area contributed by atoms with E-state index in [4.69, 9.17) is 21.3 Å². The van der Waals surface area contributed by atoms with Crippen molar-refractivity contribution in [3.8, 4) is 23.0 Å². The Hall–Kier alpha value is -5.16. The second-order valence-corrected chi connectivity index (χ2v) is 18.6. The molecule has 20 heteroatoms. The van der Waals surface area contributed by atoms with Crippen LogP contribution in [0.5, 0.6) is 0 Å². The van der Waals surface area contributed by atoms with Crippen LogP contribution in [0.3, 0.4) is 0 Å². The van der Waals surface area contributed by atoms with E-state index in [1.807, 2.05) is 6.92 Å². The average Bonchev–Trinajstić information content (AvgIpc) is 3.72. The van der Waals surface area contributed by atoms with Crippen LogP contribution in [0.25, 0.3) is 22.0 Å². The minimum Gasteiger partial charge on any atom is -0.360 e. The standard InChI is InChI=1S/C42H41ClF6N8O4S/c1-21(2)56-12-13-61-41(3,20-56)11-10-25-6-7-26(27-8-9-30(43)34-37(27)55(4)53-40(34)54-62(5,59)60)35(50-25)31(16-22-14-23(44)17-24(45)15-22)51-32(58)19-57-38-33(36(52-57)39(46)47)28-18-29(28)42(38,48)49/h6-9,14-15,17,21,28-29,31,39H,12-13,16,18-20H2,1-5H3,(H,51,58)(H,53,54)/t28-,29+,31-,41+/m0/s1. The Balaban J connectivity index is 1.27. The number of anilines is 1. The number of morpholine rings is 1. The molecule has 1 saturated carbocycles. The van der Waals surface area contributed by atoms with Gasteiger partial charge in [0.25, 0.3) is 12.3 Å². The summed E-state index contributed by atoms with van der Waals surface area (Å²) in [7, 11) is -2.28. The normalized spacial score (nSPS) is 21.1. The third kappa shape index (κ3) is 8.37. The molecule has 8 rings (SSSR count). The van der Waals surface area contributed by atoms with Crippen LogP contribution in [0.4, 0.5) is 32.2 Å². The smallest absolute Gasteiger partial charge is 0.293 e. The molecule has 0 spiro atoms. The van der Waals surface area contributed by atoms with Gasteiger partial charge in [-0.1, -0.05) is 23.6 Å². The fourth-order valence-corrected chi connectivity index (χ4v) is 9.36. The number of amides is 1. The molecule has 2 aliphatic carbocycles. The van der Waals surface area contributed by atoms with Crippen LogP contribution in [-0.2, 0) is 45.5 Å². The van der Waals surface area contributed by atoms with Crippen molar-refractivity contribution >= 4 is 44.3 Å². The lowest BCUT2D eigenvalue weighted by Crippen LogP contribution is -2.51. The number of aromatic nitrogens is 5. The molecule has 3 aliphatic rings. The Morgan fingerprint density at radius 3 is 2.45 bits per heavy atom. The summed E-state index contributed by atoms with van der Waals surface area (Å²) in [5.41, 5.74) is -1.32. The van der Waals surface area contributed by atoms with Crippen LogP contribution in [0.15, 0.2) is 42.5 Å². The van der Waals surface area contributed by atoms with Crippen molar-refractivity contribution in [1.29, 1.82) is 0 Å². The molecule has 1 saturated heterocycles. The second-order valence-electron chi connectivity index (χ2n) is 16.5. The molecule has 62 heavy (non-hydrogen) atoms. The number of sulfonamides is 1. The molecule has 0 radical (unpaired) electrons. The third-order valence-corrected chi connectivity index (χ3v) is 12.3. The van der Waals surface area contributed by atoms with Gasteiger partial charge < -0.3 is 10.1 Å². The Morgan fingerprint density at radius 1 is 1.06 bits per heavy atom. The van der Waals surface area contributed by atoms with Crippen LogP contribution >= 0.6 is 11.6 Å². The highest BCUT2D eigenvalue weighted by Crippen LogP contribution is 2.68. The Labute approximate surface area is 358 Å². The van der Waals surface area contributed by atoms with Gasteiger partial charge in [-0.2, -0.15) is 19.0 Å². The number of rotatable bonds is 11. The molecule has 2 aromatic carbocycles. The van der Waals surface area contributed by atoms with E-state index >= 15 is 8.78 Å². The van der Waals surface area contributed by atoms with Gasteiger partial charge in [0, 0.05) is 54.9 Å². The van der Waals surface area contributed by atoms with Gasteiger partial charge in [0.2, 0.25) is 15.9 Å². The molecular formula is C42H41ClF6N8O4S. The van der Waals surface area contributed by atoms with Crippen molar-refractivity contribution in [3.05, 3.63) is 93.0 Å². The van der Waals surface area contributed by atoms with E-state index in [1.165, 1.54) is 10.7 Å². The number of carbonyl (C=O) groups is 1. The molecule has 328 valence electrons. The molecule has 12 nitrogen and oxygen atoms in total. The summed E-state index contributed by atoms with van der Waals surface area (Å²) >= 11 is 6.65. The lowest BCUT2D eigenvalue weighted by Gasteiger charge is -2.39. The van der Waals surface area contributed by atoms with Crippen LogP contribution in [0, 0.1) is 29.4 Å². The van der Waals surface area contributed by atoms with Crippen molar-refractivity contribution in [2.45, 2.75) is 76.1 Å². The second kappa shape index (κ2) is 15.9. The SMILES string of the molecule is CC(C)N1CCO[C@](C)(C#Cc2ccc(-c3ccc(Cl)c4c(NS(C)(=O)=O)nn(C)c34)c([C@H](Cc3cc(F)cc(F)c3)NC(=O)Cn3nc(C(F)F)c4c3C(F)(F)[C@@H]3C[C@H]43)n2)C1. The summed E-state index contributed by atoms with van der Waals surface area (Å²) in [5.74, 6) is -2.05. The number of hydrogen-bond donors (Lipinski definition) is 2. The Kier molecular flexibility index (Phi) is 11.1. The first-order valence-corrected chi connectivity index (χ1v) is 22.0. The summed E-state index contributed by atoms with van der Waals surface area (Å²) < 4.78 is 124. The number of alkyl halides is 4. The largest absolute Gasteiger partial charge is 0.360 e. The number of fused-ring (bicyclic) bond motifs is 4. The van der Waals surface area contributed by atoms with Crippen molar-refractivity contribution < 1.29 is 44.3 Å². The number of nitrogens with one attached hydrogen (secondary N) is 2. The molecular weight excluding hydrogens is 862 g/mol. The maximum Gasteiger partial charge on any atom is 0.293 e. The lowest BCUT2D eigenvalue weighted by atomic mass is 9.93. The van der Waals surface area contributed by atoms with Crippen LogP contribution in [0.2, 0.25) is 5.02 Å². The monoisotopic (exact) mass is 902 g/mol. The van der Waals surface area contributed by atoms with Crippen molar-refractivity contribution in [3.63, 3.8) is 0 Å². The molecule has 1 amide bonds. The van der Waals surface area contributed by atoms with Gasteiger partial charge in [0.15, 0.2) is 5.82 Å². The Bertz CT molecular complexity index is 2790. The van der Waals surface area contributed by atoms with E-state index in [1.54, 1.807) is 25.2 Å². The molecule has 0 bridgehead atoms. The predicted molar refractivity (Wildman–Crippen MR) is 218 cm³/mol.